The molecule has 1 amide bonds. The Balaban J connectivity index is -0.000000547. The third kappa shape index (κ3) is 28.4. The first-order valence-electron chi connectivity index (χ1n) is 17.6. The summed E-state index contributed by atoms with van der Waals surface area (Å²) in [5, 5.41) is 9.88. The maximum atomic E-state index is 13.4. The van der Waals surface area contributed by atoms with Crippen LogP contribution in [0.15, 0.2) is 36.4 Å². The van der Waals surface area contributed by atoms with E-state index < -0.39 is 0 Å². The summed E-state index contributed by atoms with van der Waals surface area (Å²) in [6.45, 7) is 21.9. The summed E-state index contributed by atoms with van der Waals surface area (Å²) in [6.07, 6.45) is 16.1. The molecule has 1 aliphatic carbocycles. The molecular weight excluding hydrogens is 575 g/mol. The van der Waals surface area contributed by atoms with Crippen molar-refractivity contribution < 1.29 is 18.7 Å². The van der Waals surface area contributed by atoms with Gasteiger partial charge in [-0.15, -0.1) is 0 Å². The molecule has 1 unspecified atom stereocenters. The summed E-state index contributed by atoms with van der Waals surface area (Å²) in [4.78, 5) is 18.9. The van der Waals surface area contributed by atoms with Crippen LogP contribution in [0.25, 0.3) is 11.1 Å². The van der Waals surface area contributed by atoms with Crippen molar-refractivity contribution in [2.24, 2.45) is 5.92 Å². The summed E-state index contributed by atoms with van der Waals surface area (Å²) in [5.74, 6) is 0.311. The Bertz CT molecular complexity index is 980. The standard InChI is InChI=1S/C15H15F.C12H26O.C4H6O.C4H10.C3H4N2O.C2H6/c1-10-4-6-13(8-12(10)3)14-7-5-11(2)15(16)9-14;1-4-7-9-11-12(13-6-3)10-8-5-2;5-3-4-1-2-4;1-3-4-2;4-1-2-5-3-6;1-2/h4-9H,1-3H3;12H,4-11H2,1-3H3;3-4H,1-2H2;3-4H2,1-2H3;3H,2H2,(H,5,6);1-2H3. The van der Waals surface area contributed by atoms with Crippen LogP contribution in [0.4, 0.5) is 4.39 Å². The number of aryl methyl sites for hydroxylation is 3. The Morgan fingerprint density at radius 3 is 1.74 bits per heavy atom. The van der Waals surface area contributed by atoms with Crippen LogP contribution in [0, 0.1) is 43.8 Å². The molecule has 1 N–H and O–H groups in total. The van der Waals surface area contributed by atoms with E-state index in [4.69, 9.17) is 10.00 Å². The lowest BCUT2D eigenvalue weighted by molar-refractivity contribution is -0.109. The number of hydrogen-bond acceptors (Lipinski definition) is 4. The van der Waals surface area contributed by atoms with Crippen molar-refractivity contribution in [3.8, 4) is 17.2 Å². The van der Waals surface area contributed by atoms with Crippen LogP contribution >= 0.6 is 0 Å². The number of nitriles is 1. The van der Waals surface area contributed by atoms with E-state index in [1.807, 2.05) is 32.0 Å². The number of hydrogen-bond donors (Lipinski definition) is 1. The number of nitrogens with zero attached hydrogens (tertiary/aromatic N) is 1. The molecule has 5 nitrogen and oxygen atoms in total. The molecule has 0 aromatic heterocycles. The van der Waals surface area contributed by atoms with Gasteiger partial charge in [0.1, 0.15) is 18.6 Å². The summed E-state index contributed by atoms with van der Waals surface area (Å²) >= 11 is 0. The monoisotopic (exact) mass is 643 g/mol. The molecule has 1 aliphatic rings. The quantitative estimate of drug-likeness (QED) is 0.126. The molecule has 0 spiro atoms. The van der Waals surface area contributed by atoms with Gasteiger partial charge in [-0.25, -0.2) is 4.39 Å². The van der Waals surface area contributed by atoms with Gasteiger partial charge in [-0.3, -0.25) is 4.79 Å². The second-order valence-electron chi connectivity index (χ2n) is 11.1. The topological polar surface area (TPSA) is 79.2 Å². The van der Waals surface area contributed by atoms with Gasteiger partial charge in [0.15, 0.2) is 0 Å². The maximum Gasteiger partial charge on any atom is 0.207 e. The molecule has 1 atom stereocenters. The van der Waals surface area contributed by atoms with E-state index in [1.54, 1.807) is 19.1 Å². The first-order valence-corrected chi connectivity index (χ1v) is 17.6. The highest BCUT2D eigenvalue weighted by Crippen LogP contribution is 2.25. The lowest BCUT2D eigenvalue weighted by Crippen LogP contribution is -2.12. The van der Waals surface area contributed by atoms with Crippen molar-refractivity contribution in [1.82, 2.24) is 5.32 Å². The fourth-order valence-electron chi connectivity index (χ4n) is 3.61. The summed E-state index contributed by atoms with van der Waals surface area (Å²) in [5.41, 5.74) is 5.19. The minimum atomic E-state index is -0.143. The van der Waals surface area contributed by atoms with Gasteiger partial charge >= 0.3 is 0 Å². The molecule has 1 fully saturated rings. The average molecular weight is 643 g/mol. The number of benzene rings is 2. The van der Waals surface area contributed by atoms with E-state index in [0.717, 1.165) is 36.9 Å². The van der Waals surface area contributed by atoms with Crippen LogP contribution < -0.4 is 5.32 Å². The van der Waals surface area contributed by atoms with Crippen molar-refractivity contribution in [3.05, 3.63) is 58.9 Å². The number of amides is 1. The van der Waals surface area contributed by atoms with Crippen molar-refractivity contribution in [2.75, 3.05) is 13.2 Å². The molecule has 262 valence electrons. The molecule has 0 aliphatic heterocycles. The minimum absolute atomic E-state index is 0.101. The normalized spacial score (nSPS) is 11.3. The van der Waals surface area contributed by atoms with Gasteiger partial charge in [0.05, 0.1) is 12.2 Å². The molecule has 0 heterocycles. The van der Waals surface area contributed by atoms with Crippen LogP contribution in [-0.4, -0.2) is 32.0 Å². The van der Waals surface area contributed by atoms with Crippen LogP contribution in [0.2, 0.25) is 0 Å². The Hall–Kier alpha value is -3.04. The molecule has 2 aromatic rings. The van der Waals surface area contributed by atoms with Gasteiger partial charge in [-0.2, -0.15) is 5.26 Å². The Morgan fingerprint density at radius 1 is 0.826 bits per heavy atom. The van der Waals surface area contributed by atoms with E-state index in [-0.39, 0.29) is 12.4 Å². The number of halogens is 1. The molecule has 2 aromatic carbocycles. The van der Waals surface area contributed by atoms with E-state index in [1.165, 1.54) is 68.9 Å². The van der Waals surface area contributed by atoms with Gasteiger partial charge in [0.25, 0.3) is 0 Å². The van der Waals surface area contributed by atoms with Gasteiger partial charge in [0.2, 0.25) is 6.41 Å². The summed E-state index contributed by atoms with van der Waals surface area (Å²) in [7, 11) is 0. The molecule has 6 heteroatoms. The Morgan fingerprint density at radius 2 is 1.37 bits per heavy atom. The summed E-state index contributed by atoms with van der Waals surface area (Å²) in [6, 6.07) is 13.3. The Kier molecular flexibility index (Phi) is 35.9. The second-order valence-corrected chi connectivity index (χ2v) is 11.1. The number of carbonyl (C=O) groups excluding carboxylic acids is 2. The number of aldehydes is 1. The van der Waals surface area contributed by atoms with E-state index >= 15 is 0 Å². The first-order chi connectivity index (χ1) is 22.2. The molecule has 0 bridgehead atoms. The first kappa shape index (κ1) is 47.4. The summed E-state index contributed by atoms with van der Waals surface area (Å²) < 4.78 is 19.1. The van der Waals surface area contributed by atoms with Crippen molar-refractivity contribution in [3.63, 3.8) is 0 Å². The zero-order valence-electron chi connectivity index (χ0n) is 31.0. The van der Waals surface area contributed by atoms with Crippen molar-refractivity contribution in [1.29, 1.82) is 5.26 Å². The molecular formula is C40H67FN2O3. The second kappa shape index (κ2) is 34.8. The largest absolute Gasteiger partial charge is 0.379 e. The zero-order valence-corrected chi connectivity index (χ0v) is 31.0. The van der Waals surface area contributed by atoms with Gasteiger partial charge in [-0.1, -0.05) is 117 Å². The van der Waals surface area contributed by atoms with Crippen LogP contribution in [0.1, 0.15) is 136 Å². The van der Waals surface area contributed by atoms with E-state index in [9.17, 15) is 14.0 Å². The van der Waals surface area contributed by atoms with Gasteiger partial charge < -0.3 is 14.8 Å². The predicted octanol–water partition coefficient (Wildman–Crippen LogP) is 11.3. The third-order valence-corrected chi connectivity index (χ3v) is 7.00. The fourth-order valence-corrected chi connectivity index (χ4v) is 3.61. The lowest BCUT2D eigenvalue weighted by Gasteiger charge is -2.16. The Labute approximate surface area is 282 Å². The molecule has 1 saturated carbocycles. The number of ether oxygens (including phenoxy) is 1. The number of carbonyl (C=O) groups is 2. The molecule has 46 heavy (non-hydrogen) atoms. The molecule has 0 radical (unpaired) electrons. The number of rotatable bonds is 14. The van der Waals surface area contributed by atoms with Crippen molar-refractivity contribution in [2.45, 2.75) is 146 Å². The number of unbranched alkanes of at least 4 members (excludes halogenated alkanes) is 4. The third-order valence-electron chi connectivity index (χ3n) is 7.00. The number of nitrogens with one attached hydrogen (secondary N) is 1. The van der Waals surface area contributed by atoms with Crippen LogP contribution in [-0.2, 0) is 14.3 Å². The molecule has 0 saturated heterocycles. The maximum absolute atomic E-state index is 13.4. The minimum Gasteiger partial charge on any atom is -0.379 e. The van der Waals surface area contributed by atoms with Gasteiger partial charge in [-0.05, 0) is 87.3 Å². The highest BCUT2D eigenvalue weighted by atomic mass is 19.1. The van der Waals surface area contributed by atoms with Crippen LogP contribution in [0.5, 0.6) is 0 Å². The SMILES string of the molecule is CC.CCCC.CCCCCC(CCCC)OCC.Cc1ccc(-c2ccc(C)c(F)c2)cc1C.N#CCNC=O.O=CC1CC1. The van der Waals surface area contributed by atoms with E-state index in [0.29, 0.717) is 24.0 Å². The van der Waals surface area contributed by atoms with Crippen molar-refractivity contribution >= 4 is 12.7 Å². The smallest absolute Gasteiger partial charge is 0.207 e. The lowest BCUT2D eigenvalue weighted by atomic mass is 9.99. The average Bonchev–Trinajstić information content (AvgIpc) is 3.92. The zero-order chi connectivity index (χ0) is 35.6. The van der Waals surface area contributed by atoms with Crippen LogP contribution in [0.3, 0.4) is 0 Å². The highest BCUT2D eigenvalue weighted by molar-refractivity contribution is 5.65. The van der Waals surface area contributed by atoms with E-state index in [2.05, 4.69) is 65.9 Å². The fraction of sp³-hybridized carbons (Fsp3) is 0.625. The van der Waals surface area contributed by atoms with Gasteiger partial charge in [0, 0.05) is 12.5 Å². The predicted molar refractivity (Wildman–Crippen MR) is 196 cm³/mol. The molecule has 3 rings (SSSR count). The highest BCUT2D eigenvalue weighted by Gasteiger charge is 2.19.